The third-order valence-corrected chi connectivity index (χ3v) is 3.22. The van der Waals surface area contributed by atoms with E-state index in [2.05, 4.69) is 0 Å². The minimum absolute atomic E-state index is 0.00312. The van der Waals surface area contributed by atoms with Crippen molar-refractivity contribution in [2.24, 2.45) is 10.6 Å². The summed E-state index contributed by atoms with van der Waals surface area (Å²) in [4.78, 5) is 11.8. The number of carbonyl (C=O) groups is 1. The lowest BCUT2D eigenvalue weighted by Gasteiger charge is -2.18. The maximum absolute atomic E-state index is 13.4. The fourth-order valence-corrected chi connectivity index (χ4v) is 1.98. The summed E-state index contributed by atoms with van der Waals surface area (Å²) in [6.07, 6.45) is 0. The van der Waals surface area contributed by atoms with Crippen molar-refractivity contribution in [2.75, 3.05) is 0 Å². The van der Waals surface area contributed by atoms with Gasteiger partial charge in [0.05, 0.1) is 9.92 Å². The van der Waals surface area contributed by atoms with Gasteiger partial charge in [0.15, 0.2) is 5.78 Å². The number of hydrogen-bond acceptors (Lipinski definition) is 2. The highest BCUT2D eigenvalue weighted by Gasteiger charge is 2.26. The van der Waals surface area contributed by atoms with Gasteiger partial charge in [0.2, 0.25) is 0 Å². The van der Waals surface area contributed by atoms with E-state index in [0.717, 1.165) is 12.1 Å². The molecule has 94 valence electrons. The monoisotopic (exact) mass is 277 g/mol. The zero-order valence-corrected chi connectivity index (χ0v) is 11.3. The van der Waals surface area contributed by atoms with Crippen molar-refractivity contribution in [3.8, 4) is 0 Å². The molecule has 0 fully saturated rings. The van der Waals surface area contributed by atoms with Crippen LogP contribution in [0.25, 0.3) is 0 Å². The zero-order valence-electron chi connectivity index (χ0n) is 9.71. The number of benzene rings is 1. The van der Waals surface area contributed by atoms with Crippen molar-refractivity contribution in [3.63, 3.8) is 0 Å². The molecule has 3 nitrogen and oxygen atoms in total. The predicted molar refractivity (Wildman–Crippen MR) is 65.8 cm³/mol. The Morgan fingerprint density at radius 1 is 1.41 bits per heavy atom. The first kappa shape index (κ1) is 14.3. The molecule has 6 heteroatoms. The minimum atomic E-state index is -1.99. The number of hydrogen-bond donors (Lipinski definition) is 1. The molecule has 2 N–H and O–H groups in total. The molecule has 0 aliphatic rings. The number of rotatable bonds is 2. The Bertz CT molecular complexity index is 497. The standard InChI is InChI=1S/C11H13ClFNO2S/c1-11(2,3)10(15)6-4-9(17(14)16)8(13)5-7(6)12/h4-5H,14H2,1-3H3. The lowest BCUT2D eigenvalue weighted by Crippen LogP contribution is -2.21. The normalized spacial score (nSPS) is 13.5. The molecule has 0 aliphatic heterocycles. The molecule has 0 bridgehead atoms. The highest BCUT2D eigenvalue weighted by Crippen LogP contribution is 2.28. The van der Waals surface area contributed by atoms with Crippen LogP contribution in [0.1, 0.15) is 31.1 Å². The molecule has 1 rings (SSSR count). The van der Waals surface area contributed by atoms with E-state index in [1.54, 1.807) is 20.8 Å². The molecule has 0 saturated heterocycles. The SMILES string of the molecule is CC(C)(C)C(=O)c1cc(S(N)=O)c(F)cc1Cl. The summed E-state index contributed by atoms with van der Waals surface area (Å²) >= 11 is 5.81. The number of halogens is 2. The van der Waals surface area contributed by atoms with Crippen LogP contribution in [0.3, 0.4) is 0 Å². The van der Waals surface area contributed by atoms with Crippen LogP contribution in [0, 0.1) is 11.2 Å². The van der Waals surface area contributed by atoms with Crippen LogP contribution in [-0.4, -0.2) is 9.99 Å². The first-order chi connectivity index (χ1) is 7.64. The maximum Gasteiger partial charge on any atom is 0.169 e. The van der Waals surface area contributed by atoms with E-state index in [9.17, 15) is 13.4 Å². The molecule has 0 saturated carbocycles. The van der Waals surface area contributed by atoms with E-state index in [-0.39, 0.29) is 21.3 Å². The molecule has 1 atom stereocenters. The lowest BCUT2D eigenvalue weighted by molar-refractivity contribution is 0.0858. The smallest absolute Gasteiger partial charge is 0.169 e. The van der Waals surface area contributed by atoms with Crippen molar-refractivity contribution in [1.29, 1.82) is 0 Å². The second kappa shape index (κ2) is 4.84. The highest BCUT2D eigenvalue weighted by atomic mass is 35.5. The van der Waals surface area contributed by atoms with Crippen molar-refractivity contribution in [3.05, 3.63) is 28.5 Å². The summed E-state index contributed by atoms with van der Waals surface area (Å²) < 4.78 is 24.5. The summed E-state index contributed by atoms with van der Waals surface area (Å²) in [5, 5.41) is 5.12. The lowest BCUT2D eigenvalue weighted by atomic mass is 9.86. The average Bonchev–Trinajstić information content (AvgIpc) is 2.14. The Morgan fingerprint density at radius 2 is 1.94 bits per heavy atom. The summed E-state index contributed by atoms with van der Waals surface area (Å²) in [6, 6.07) is 2.11. The molecule has 0 spiro atoms. The molecule has 17 heavy (non-hydrogen) atoms. The van der Waals surface area contributed by atoms with Gasteiger partial charge in [-0.3, -0.25) is 4.79 Å². The largest absolute Gasteiger partial charge is 0.294 e. The summed E-state index contributed by atoms with van der Waals surface area (Å²) in [5.74, 6) is -1.03. The van der Waals surface area contributed by atoms with Crippen LogP contribution in [0.4, 0.5) is 4.39 Å². The van der Waals surface area contributed by atoms with Gasteiger partial charge >= 0.3 is 0 Å². The molecule has 0 amide bonds. The van der Waals surface area contributed by atoms with Crippen molar-refractivity contribution in [1.82, 2.24) is 0 Å². The first-order valence-electron chi connectivity index (χ1n) is 4.84. The van der Waals surface area contributed by atoms with Crippen LogP contribution in [0.5, 0.6) is 0 Å². The van der Waals surface area contributed by atoms with Crippen LogP contribution < -0.4 is 5.14 Å². The molecule has 0 radical (unpaired) electrons. The van der Waals surface area contributed by atoms with Crippen molar-refractivity contribution in [2.45, 2.75) is 25.7 Å². The van der Waals surface area contributed by atoms with E-state index in [4.69, 9.17) is 16.7 Å². The van der Waals surface area contributed by atoms with E-state index >= 15 is 0 Å². The topological polar surface area (TPSA) is 60.2 Å². The predicted octanol–water partition coefficient (Wildman–Crippen LogP) is 2.69. The van der Waals surface area contributed by atoms with Crippen LogP contribution in [0.2, 0.25) is 5.02 Å². The summed E-state index contributed by atoms with van der Waals surface area (Å²) in [6.45, 7) is 5.15. The van der Waals surface area contributed by atoms with Gasteiger partial charge in [0.25, 0.3) is 0 Å². The van der Waals surface area contributed by atoms with Gasteiger partial charge in [0, 0.05) is 11.0 Å². The maximum atomic E-state index is 13.4. The summed E-state index contributed by atoms with van der Waals surface area (Å²) in [5.41, 5.74) is -0.524. The Morgan fingerprint density at radius 3 is 2.35 bits per heavy atom. The van der Waals surface area contributed by atoms with Crippen LogP contribution >= 0.6 is 11.6 Å². The van der Waals surface area contributed by atoms with Crippen LogP contribution in [0.15, 0.2) is 17.0 Å². The third-order valence-electron chi connectivity index (χ3n) is 2.16. The fraction of sp³-hybridized carbons (Fsp3) is 0.364. The minimum Gasteiger partial charge on any atom is -0.294 e. The zero-order chi connectivity index (χ0) is 13.4. The third kappa shape index (κ3) is 3.12. The number of nitrogens with two attached hydrogens (primary N) is 1. The molecule has 1 unspecified atom stereocenters. The summed E-state index contributed by atoms with van der Waals surface area (Å²) in [7, 11) is -1.99. The van der Waals surface area contributed by atoms with Gasteiger partial charge < -0.3 is 0 Å². The van der Waals surface area contributed by atoms with Crippen molar-refractivity contribution >= 4 is 28.4 Å². The highest BCUT2D eigenvalue weighted by molar-refractivity contribution is 7.82. The molecule has 0 aliphatic carbocycles. The van der Waals surface area contributed by atoms with E-state index in [1.165, 1.54) is 0 Å². The molecule has 1 aromatic carbocycles. The first-order valence-corrected chi connectivity index (χ1v) is 6.43. The number of carbonyl (C=O) groups excluding carboxylic acids is 1. The van der Waals surface area contributed by atoms with Gasteiger partial charge in [0.1, 0.15) is 16.8 Å². The van der Waals surface area contributed by atoms with Gasteiger partial charge in [-0.25, -0.2) is 13.7 Å². The van der Waals surface area contributed by atoms with Crippen LogP contribution in [-0.2, 0) is 11.0 Å². The molecular weight excluding hydrogens is 265 g/mol. The second-order valence-electron chi connectivity index (χ2n) is 4.64. The number of ketones is 1. The van der Waals surface area contributed by atoms with E-state index < -0.39 is 22.2 Å². The van der Waals surface area contributed by atoms with Crippen molar-refractivity contribution < 1.29 is 13.4 Å². The fourth-order valence-electron chi connectivity index (χ4n) is 1.26. The quantitative estimate of drug-likeness (QED) is 0.845. The van der Waals surface area contributed by atoms with E-state index in [0.29, 0.717) is 0 Å². The Hall–Kier alpha value is -0.780. The second-order valence-corrected chi connectivity index (χ2v) is 6.08. The molecule has 1 aromatic rings. The van der Waals surface area contributed by atoms with Gasteiger partial charge in [-0.1, -0.05) is 32.4 Å². The Kier molecular flexibility index (Phi) is 4.06. The van der Waals surface area contributed by atoms with Gasteiger partial charge in [-0.2, -0.15) is 0 Å². The average molecular weight is 278 g/mol. The molecular formula is C11H13ClFNO2S. The van der Waals surface area contributed by atoms with E-state index in [1.807, 2.05) is 0 Å². The molecule has 0 aromatic heterocycles. The van der Waals surface area contributed by atoms with Gasteiger partial charge in [-0.05, 0) is 12.1 Å². The molecule has 0 heterocycles. The Labute approximate surface area is 107 Å². The Balaban J connectivity index is 3.40. The van der Waals surface area contributed by atoms with Gasteiger partial charge in [-0.15, -0.1) is 0 Å². The number of Topliss-reactive ketones (excluding diaryl/α,β-unsaturated/α-hetero) is 1.